The Labute approximate surface area is 55.0 Å². The maximum Gasteiger partial charge on any atom is 0.00762 e. The van der Waals surface area contributed by atoms with Crippen molar-refractivity contribution in [2.75, 3.05) is 0 Å². The Morgan fingerprint density at radius 2 is 2.25 bits per heavy atom. The van der Waals surface area contributed by atoms with Gasteiger partial charge in [0.25, 0.3) is 0 Å². The lowest BCUT2D eigenvalue weighted by Crippen LogP contribution is -2.11. The molecule has 0 aromatic rings. The van der Waals surface area contributed by atoms with Crippen molar-refractivity contribution in [1.82, 2.24) is 0 Å². The Morgan fingerprint density at radius 3 is 2.50 bits per heavy atom. The summed E-state index contributed by atoms with van der Waals surface area (Å²) in [5, 5.41) is 2.12. The summed E-state index contributed by atoms with van der Waals surface area (Å²) in [5.74, 6) is 1.04. The Balaban J connectivity index is 2.11. The maximum absolute atomic E-state index is 2.40. The molecule has 3 atom stereocenters. The molecule has 0 aromatic carbocycles. The van der Waals surface area contributed by atoms with Crippen LogP contribution < -0.4 is 0 Å². The summed E-state index contributed by atoms with van der Waals surface area (Å²) in [5.41, 5.74) is 0. The first kappa shape index (κ1) is 5.16. The maximum atomic E-state index is 2.40. The van der Waals surface area contributed by atoms with Crippen molar-refractivity contribution >= 4 is 11.8 Å². The van der Waals surface area contributed by atoms with Gasteiger partial charge in [-0.3, -0.25) is 0 Å². The van der Waals surface area contributed by atoms with Gasteiger partial charge in [-0.25, -0.2) is 0 Å². The topological polar surface area (TPSA) is 0 Å². The van der Waals surface area contributed by atoms with Gasteiger partial charge in [0.2, 0.25) is 0 Å². The summed E-state index contributed by atoms with van der Waals surface area (Å²) in [7, 11) is 0. The van der Waals surface area contributed by atoms with Gasteiger partial charge in [-0.05, 0) is 25.2 Å². The van der Waals surface area contributed by atoms with Crippen molar-refractivity contribution in [1.29, 1.82) is 0 Å². The van der Waals surface area contributed by atoms with Gasteiger partial charge in [0, 0.05) is 10.5 Å². The molecule has 0 nitrogen and oxygen atoms in total. The number of fused-ring (bicyclic) bond motifs is 2. The standard InChI is InChI=1S/C7H12S/c1-5-4-6-2-3-7(5)8-6/h5-7H,2-4H2,1H3. The highest BCUT2D eigenvalue weighted by Crippen LogP contribution is 2.48. The smallest absolute Gasteiger partial charge is 0.00762 e. The van der Waals surface area contributed by atoms with E-state index in [0.717, 1.165) is 16.4 Å². The number of thioether (sulfide) groups is 1. The molecule has 2 heterocycles. The molecule has 0 radical (unpaired) electrons. The van der Waals surface area contributed by atoms with Crippen molar-refractivity contribution in [2.24, 2.45) is 5.92 Å². The fourth-order valence-electron chi connectivity index (χ4n) is 1.89. The predicted octanol–water partition coefficient (Wildman–Crippen LogP) is 2.29. The van der Waals surface area contributed by atoms with Crippen LogP contribution in [0.4, 0.5) is 0 Å². The van der Waals surface area contributed by atoms with E-state index < -0.39 is 0 Å². The minimum Gasteiger partial charge on any atom is -0.155 e. The largest absolute Gasteiger partial charge is 0.155 e. The van der Waals surface area contributed by atoms with E-state index in [1.54, 1.807) is 0 Å². The lowest BCUT2D eigenvalue weighted by Gasteiger charge is -2.13. The van der Waals surface area contributed by atoms with E-state index in [9.17, 15) is 0 Å². The highest BCUT2D eigenvalue weighted by atomic mass is 32.2. The van der Waals surface area contributed by atoms with Crippen LogP contribution in [0, 0.1) is 5.92 Å². The fraction of sp³-hybridized carbons (Fsp3) is 1.00. The van der Waals surface area contributed by atoms with Crippen LogP contribution in [0.25, 0.3) is 0 Å². The lowest BCUT2D eigenvalue weighted by atomic mass is 9.91. The summed E-state index contributed by atoms with van der Waals surface area (Å²) in [6.45, 7) is 2.40. The van der Waals surface area contributed by atoms with E-state index >= 15 is 0 Å². The average Bonchev–Trinajstić information content (AvgIpc) is 2.23. The Kier molecular flexibility index (Phi) is 1.07. The molecule has 2 fully saturated rings. The van der Waals surface area contributed by atoms with Crippen LogP contribution in [0.3, 0.4) is 0 Å². The molecule has 0 saturated carbocycles. The van der Waals surface area contributed by atoms with Gasteiger partial charge in [0.15, 0.2) is 0 Å². The van der Waals surface area contributed by atoms with Crippen molar-refractivity contribution < 1.29 is 0 Å². The minimum atomic E-state index is 1.04. The zero-order valence-electron chi connectivity index (χ0n) is 5.26. The summed E-state index contributed by atoms with van der Waals surface area (Å²) in [6.07, 6.45) is 4.53. The average molecular weight is 128 g/mol. The molecule has 0 aliphatic carbocycles. The van der Waals surface area contributed by atoms with Gasteiger partial charge in [0.1, 0.15) is 0 Å². The molecule has 2 aliphatic heterocycles. The van der Waals surface area contributed by atoms with Crippen LogP contribution in [0.1, 0.15) is 26.2 Å². The third kappa shape index (κ3) is 0.604. The summed E-state index contributed by atoms with van der Waals surface area (Å²) in [6, 6.07) is 0. The van der Waals surface area contributed by atoms with Gasteiger partial charge < -0.3 is 0 Å². The third-order valence-electron chi connectivity index (χ3n) is 2.41. The predicted molar refractivity (Wildman–Crippen MR) is 38.2 cm³/mol. The molecule has 1 heteroatoms. The molecule has 0 spiro atoms. The molecule has 46 valence electrons. The second kappa shape index (κ2) is 1.66. The summed E-state index contributed by atoms with van der Waals surface area (Å²) in [4.78, 5) is 0. The van der Waals surface area contributed by atoms with Crippen LogP contribution in [-0.4, -0.2) is 10.5 Å². The second-order valence-electron chi connectivity index (χ2n) is 3.09. The second-order valence-corrected chi connectivity index (χ2v) is 4.63. The van der Waals surface area contributed by atoms with Crippen molar-refractivity contribution in [3.8, 4) is 0 Å². The molecule has 3 unspecified atom stereocenters. The summed E-state index contributed by atoms with van der Waals surface area (Å²) < 4.78 is 0. The van der Waals surface area contributed by atoms with E-state index in [2.05, 4.69) is 18.7 Å². The van der Waals surface area contributed by atoms with E-state index in [1.807, 2.05) is 0 Å². The third-order valence-corrected chi connectivity index (χ3v) is 4.27. The van der Waals surface area contributed by atoms with Crippen molar-refractivity contribution in [2.45, 2.75) is 36.7 Å². The molecule has 0 aromatic heterocycles. The van der Waals surface area contributed by atoms with Gasteiger partial charge in [-0.2, -0.15) is 11.8 Å². The number of hydrogen-bond acceptors (Lipinski definition) is 1. The van der Waals surface area contributed by atoms with Gasteiger partial charge in [0.05, 0.1) is 0 Å². The van der Waals surface area contributed by atoms with E-state index in [4.69, 9.17) is 0 Å². The fourth-order valence-corrected chi connectivity index (χ4v) is 3.72. The molecular weight excluding hydrogens is 116 g/mol. The minimum absolute atomic E-state index is 1.04. The first-order valence-electron chi connectivity index (χ1n) is 3.52. The lowest BCUT2D eigenvalue weighted by molar-refractivity contribution is 0.446. The molecule has 2 rings (SSSR count). The van der Waals surface area contributed by atoms with Crippen LogP contribution >= 0.6 is 11.8 Å². The Hall–Kier alpha value is 0.350. The van der Waals surface area contributed by atoms with Crippen LogP contribution in [0.15, 0.2) is 0 Å². The molecule has 2 aliphatic rings. The first-order chi connectivity index (χ1) is 3.86. The van der Waals surface area contributed by atoms with Crippen LogP contribution in [0.5, 0.6) is 0 Å². The summed E-state index contributed by atoms with van der Waals surface area (Å²) >= 11 is 2.24. The Bertz CT molecular complexity index is 98.6. The van der Waals surface area contributed by atoms with Gasteiger partial charge >= 0.3 is 0 Å². The van der Waals surface area contributed by atoms with Crippen molar-refractivity contribution in [3.05, 3.63) is 0 Å². The molecular formula is C7H12S. The first-order valence-corrected chi connectivity index (χ1v) is 4.46. The van der Waals surface area contributed by atoms with Gasteiger partial charge in [-0.1, -0.05) is 6.92 Å². The molecule has 2 bridgehead atoms. The number of hydrogen-bond donors (Lipinski definition) is 0. The quantitative estimate of drug-likeness (QED) is 0.482. The van der Waals surface area contributed by atoms with Crippen LogP contribution in [-0.2, 0) is 0 Å². The molecule has 2 saturated heterocycles. The van der Waals surface area contributed by atoms with E-state index in [0.29, 0.717) is 0 Å². The molecule has 0 N–H and O–H groups in total. The normalized spacial score (nSPS) is 52.9. The molecule has 8 heavy (non-hydrogen) atoms. The van der Waals surface area contributed by atoms with Gasteiger partial charge in [-0.15, -0.1) is 0 Å². The highest BCUT2D eigenvalue weighted by molar-refractivity contribution is 8.01. The number of rotatable bonds is 0. The van der Waals surface area contributed by atoms with Crippen LogP contribution in [0.2, 0.25) is 0 Å². The van der Waals surface area contributed by atoms with Crippen molar-refractivity contribution in [3.63, 3.8) is 0 Å². The molecule has 0 amide bonds. The zero-order chi connectivity index (χ0) is 5.56. The monoisotopic (exact) mass is 128 g/mol. The van der Waals surface area contributed by atoms with E-state index in [-0.39, 0.29) is 0 Å². The highest BCUT2D eigenvalue weighted by Gasteiger charge is 2.37. The SMILES string of the molecule is CC1CC2CCC1S2. The Morgan fingerprint density at radius 1 is 1.38 bits per heavy atom. The zero-order valence-corrected chi connectivity index (χ0v) is 6.08. The van der Waals surface area contributed by atoms with E-state index in [1.165, 1.54) is 19.3 Å².